The molecule has 6 heteroatoms. The van der Waals surface area contributed by atoms with Gasteiger partial charge in [0.25, 0.3) is 0 Å². The Balaban J connectivity index is 0.000000238. The molecule has 0 aromatic heterocycles. The minimum atomic E-state index is -2.45. The number of nitrogens with zero attached hydrogens (tertiary/aromatic N) is 1. The second-order valence-corrected chi connectivity index (χ2v) is 6.55. The number of hydrogen-bond donors (Lipinski definition) is 1. The van der Waals surface area contributed by atoms with E-state index in [0.717, 1.165) is 32.4 Å². The quantitative estimate of drug-likeness (QED) is 0.858. The predicted octanol–water partition coefficient (Wildman–Crippen LogP) is 3.23. The first-order valence-electron chi connectivity index (χ1n) is 8.71. The van der Waals surface area contributed by atoms with Crippen LogP contribution in [-0.2, 0) is 9.53 Å². The Morgan fingerprint density at radius 2 is 1.78 bits per heavy atom. The van der Waals surface area contributed by atoms with Gasteiger partial charge in [-0.3, -0.25) is 4.79 Å². The molecule has 2 fully saturated rings. The van der Waals surface area contributed by atoms with E-state index in [4.69, 9.17) is 9.84 Å². The van der Waals surface area contributed by atoms with Crippen molar-refractivity contribution in [3.05, 3.63) is 0 Å². The number of carbonyl (C=O) groups is 1. The highest BCUT2D eigenvalue weighted by atomic mass is 19.3. The van der Waals surface area contributed by atoms with Gasteiger partial charge in [0.2, 0.25) is 11.8 Å². The number of alkyl halides is 2. The van der Waals surface area contributed by atoms with Crippen molar-refractivity contribution in [1.29, 1.82) is 0 Å². The van der Waals surface area contributed by atoms with E-state index in [1.807, 2.05) is 11.8 Å². The van der Waals surface area contributed by atoms with Gasteiger partial charge in [0.15, 0.2) is 0 Å². The number of aliphatic hydroxyl groups is 1. The number of amides is 1. The van der Waals surface area contributed by atoms with Gasteiger partial charge < -0.3 is 14.7 Å². The summed E-state index contributed by atoms with van der Waals surface area (Å²) < 4.78 is 30.1. The van der Waals surface area contributed by atoms with Crippen molar-refractivity contribution in [3.63, 3.8) is 0 Å². The van der Waals surface area contributed by atoms with Gasteiger partial charge in [-0.25, -0.2) is 8.78 Å². The van der Waals surface area contributed by atoms with Gasteiger partial charge in [0, 0.05) is 46.1 Å². The Kier molecular flexibility index (Phi) is 8.99. The molecule has 1 heterocycles. The van der Waals surface area contributed by atoms with Crippen molar-refractivity contribution in [2.45, 2.75) is 70.3 Å². The first kappa shape index (κ1) is 20.3. The summed E-state index contributed by atoms with van der Waals surface area (Å²) in [5.74, 6) is -2.03. The van der Waals surface area contributed by atoms with Crippen LogP contribution in [0.5, 0.6) is 0 Å². The highest BCUT2D eigenvalue weighted by Crippen LogP contribution is 2.35. The molecule has 136 valence electrons. The molecule has 1 saturated carbocycles. The number of piperidine rings is 1. The summed E-state index contributed by atoms with van der Waals surface area (Å²) in [7, 11) is 1.74. The zero-order chi connectivity index (χ0) is 17.3. The average Bonchev–Trinajstić information content (AvgIpc) is 2.56. The van der Waals surface area contributed by atoms with Gasteiger partial charge in [-0.05, 0) is 38.0 Å². The summed E-state index contributed by atoms with van der Waals surface area (Å²) >= 11 is 0. The van der Waals surface area contributed by atoms with Gasteiger partial charge in [-0.1, -0.05) is 6.92 Å². The first-order valence-corrected chi connectivity index (χ1v) is 8.71. The normalized spacial score (nSPS) is 22.4. The predicted molar refractivity (Wildman–Crippen MR) is 85.5 cm³/mol. The van der Waals surface area contributed by atoms with E-state index < -0.39 is 5.92 Å². The maximum absolute atomic E-state index is 12.4. The van der Waals surface area contributed by atoms with Crippen LogP contribution in [0.4, 0.5) is 8.78 Å². The maximum Gasteiger partial charge on any atom is 0.248 e. The van der Waals surface area contributed by atoms with Crippen LogP contribution >= 0.6 is 0 Å². The molecule has 1 aliphatic carbocycles. The third-order valence-corrected chi connectivity index (χ3v) is 4.69. The number of likely N-dealkylation sites (tertiary alicyclic amines) is 1. The number of methoxy groups -OCH3 is 1. The van der Waals surface area contributed by atoms with E-state index in [2.05, 4.69) is 0 Å². The lowest BCUT2D eigenvalue weighted by Crippen LogP contribution is -2.40. The molecular weight excluding hydrogens is 304 g/mol. The molecule has 1 amide bonds. The molecule has 4 nitrogen and oxygen atoms in total. The summed E-state index contributed by atoms with van der Waals surface area (Å²) in [4.78, 5) is 13.4. The number of carbonyl (C=O) groups excluding carboxylic acids is 1. The zero-order valence-electron chi connectivity index (χ0n) is 14.4. The highest BCUT2D eigenvalue weighted by molar-refractivity contribution is 5.76. The van der Waals surface area contributed by atoms with Crippen LogP contribution in [0.15, 0.2) is 0 Å². The molecule has 2 rings (SSSR count). The summed E-state index contributed by atoms with van der Waals surface area (Å²) in [5.41, 5.74) is 0. The summed E-state index contributed by atoms with van der Waals surface area (Å²) in [6.45, 7) is 3.85. The van der Waals surface area contributed by atoms with Crippen molar-refractivity contribution in [2.24, 2.45) is 5.92 Å². The van der Waals surface area contributed by atoms with Crippen molar-refractivity contribution in [2.75, 3.05) is 26.8 Å². The SMILES string of the molecule is CCCC(=O)N1CCC(OC)CC1.OCC1CCC(F)(F)CC1. The van der Waals surface area contributed by atoms with Crippen molar-refractivity contribution in [1.82, 2.24) is 4.90 Å². The van der Waals surface area contributed by atoms with Gasteiger partial charge in [0.1, 0.15) is 0 Å². The number of aliphatic hydroxyl groups excluding tert-OH is 1. The van der Waals surface area contributed by atoms with Crippen LogP contribution in [0.3, 0.4) is 0 Å². The zero-order valence-corrected chi connectivity index (χ0v) is 14.4. The third-order valence-electron chi connectivity index (χ3n) is 4.69. The van der Waals surface area contributed by atoms with Crippen molar-refractivity contribution in [3.8, 4) is 0 Å². The van der Waals surface area contributed by atoms with E-state index in [1.54, 1.807) is 7.11 Å². The van der Waals surface area contributed by atoms with Crippen LogP contribution in [0.1, 0.15) is 58.3 Å². The number of ether oxygens (including phenoxy) is 1. The Morgan fingerprint density at radius 3 is 2.22 bits per heavy atom. The van der Waals surface area contributed by atoms with Crippen LogP contribution in [0.25, 0.3) is 0 Å². The molecule has 0 aromatic rings. The molecule has 0 atom stereocenters. The molecule has 1 aliphatic heterocycles. The number of halogens is 2. The fraction of sp³-hybridized carbons (Fsp3) is 0.941. The first-order chi connectivity index (χ1) is 10.9. The van der Waals surface area contributed by atoms with Crippen LogP contribution < -0.4 is 0 Å². The van der Waals surface area contributed by atoms with Crippen LogP contribution in [0.2, 0.25) is 0 Å². The van der Waals surface area contributed by atoms with Crippen molar-refractivity contribution < 1.29 is 23.4 Å². The van der Waals surface area contributed by atoms with E-state index in [9.17, 15) is 13.6 Å². The molecule has 23 heavy (non-hydrogen) atoms. The Labute approximate surface area is 138 Å². The summed E-state index contributed by atoms with van der Waals surface area (Å²) in [6, 6.07) is 0. The Hall–Kier alpha value is -0.750. The molecule has 2 aliphatic rings. The smallest absolute Gasteiger partial charge is 0.248 e. The Morgan fingerprint density at radius 1 is 1.22 bits per heavy atom. The van der Waals surface area contributed by atoms with Gasteiger partial charge in [-0.15, -0.1) is 0 Å². The largest absolute Gasteiger partial charge is 0.396 e. The lowest BCUT2D eigenvalue weighted by Gasteiger charge is -2.31. The molecule has 0 bridgehead atoms. The molecule has 0 unspecified atom stereocenters. The third kappa shape index (κ3) is 7.57. The maximum atomic E-state index is 12.4. The molecule has 0 aromatic carbocycles. The van der Waals surface area contributed by atoms with Crippen molar-refractivity contribution >= 4 is 5.91 Å². The van der Waals surface area contributed by atoms with E-state index >= 15 is 0 Å². The van der Waals surface area contributed by atoms with Crippen LogP contribution in [-0.4, -0.2) is 54.7 Å². The number of rotatable bonds is 4. The molecular formula is C17H31F2NO3. The van der Waals surface area contributed by atoms with Gasteiger partial charge in [0.05, 0.1) is 6.10 Å². The standard InChI is InChI=1S/C10H19NO2.C7H12F2O/c1-3-4-10(12)11-7-5-9(13-2)6-8-11;8-7(9)3-1-6(5-10)2-4-7/h9H,3-8H2,1-2H3;6,10H,1-5H2. The fourth-order valence-corrected chi connectivity index (χ4v) is 3.00. The van der Waals surface area contributed by atoms with E-state index in [1.165, 1.54) is 0 Å². The molecule has 0 radical (unpaired) electrons. The number of hydrogen-bond acceptors (Lipinski definition) is 3. The summed E-state index contributed by atoms with van der Waals surface area (Å²) in [5, 5.41) is 8.62. The van der Waals surface area contributed by atoms with Gasteiger partial charge >= 0.3 is 0 Å². The lowest BCUT2D eigenvalue weighted by atomic mass is 9.87. The lowest BCUT2D eigenvalue weighted by molar-refractivity contribution is -0.133. The second-order valence-electron chi connectivity index (χ2n) is 6.55. The minimum absolute atomic E-state index is 0.0434. The highest BCUT2D eigenvalue weighted by Gasteiger charge is 2.34. The van der Waals surface area contributed by atoms with Gasteiger partial charge in [-0.2, -0.15) is 0 Å². The topological polar surface area (TPSA) is 49.8 Å². The molecule has 0 spiro atoms. The summed E-state index contributed by atoms with van der Waals surface area (Å²) in [6.07, 6.45) is 4.85. The second kappa shape index (κ2) is 10.2. The Bertz CT molecular complexity index is 335. The van der Waals surface area contributed by atoms with E-state index in [-0.39, 0.29) is 25.4 Å². The monoisotopic (exact) mass is 335 g/mol. The average molecular weight is 335 g/mol. The molecule has 1 N–H and O–H groups in total. The minimum Gasteiger partial charge on any atom is -0.396 e. The van der Waals surface area contributed by atoms with Crippen LogP contribution in [0, 0.1) is 5.92 Å². The molecule has 1 saturated heterocycles. The fourth-order valence-electron chi connectivity index (χ4n) is 3.00. The van der Waals surface area contributed by atoms with E-state index in [0.29, 0.717) is 31.3 Å².